The van der Waals surface area contributed by atoms with Crippen molar-refractivity contribution < 1.29 is 9.53 Å². The van der Waals surface area contributed by atoms with Gasteiger partial charge in [0.05, 0.1) is 6.61 Å². The van der Waals surface area contributed by atoms with E-state index in [2.05, 4.69) is 17.1 Å². The summed E-state index contributed by atoms with van der Waals surface area (Å²) in [4.78, 5) is 14.3. The van der Waals surface area contributed by atoms with Crippen molar-refractivity contribution in [2.75, 3.05) is 20.3 Å². The summed E-state index contributed by atoms with van der Waals surface area (Å²) in [6.07, 6.45) is 4.98. The summed E-state index contributed by atoms with van der Waals surface area (Å²) in [5.74, 6) is 0.735. The number of ether oxygens (including phenoxy) is 1. The van der Waals surface area contributed by atoms with Crippen LogP contribution in [-0.4, -0.2) is 47.3 Å². The molecule has 5 nitrogen and oxygen atoms in total. The molecular weight excluding hydrogens is 230 g/mol. The maximum atomic E-state index is 12.4. The summed E-state index contributed by atoms with van der Waals surface area (Å²) in [5, 5.41) is 6.59. The van der Waals surface area contributed by atoms with Crippen LogP contribution in [0.25, 0.3) is 0 Å². The SMILES string of the molecule is COCCN(C(=O)c1ccn[nH]1)[C@@H]1CC[C@@H](C)C1. The van der Waals surface area contributed by atoms with Gasteiger partial charge in [-0.25, -0.2) is 0 Å². The fraction of sp³-hybridized carbons (Fsp3) is 0.692. The molecule has 1 aromatic rings. The van der Waals surface area contributed by atoms with Crippen LogP contribution in [0.2, 0.25) is 0 Å². The summed E-state index contributed by atoms with van der Waals surface area (Å²) >= 11 is 0. The van der Waals surface area contributed by atoms with Crippen LogP contribution in [0.15, 0.2) is 12.3 Å². The highest BCUT2D eigenvalue weighted by Crippen LogP contribution is 2.29. The van der Waals surface area contributed by atoms with Crippen LogP contribution < -0.4 is 0 Å². The first-order chi connectivity index (χ1) is 8.72. The number of amides is 1. The molecule has 1 heterocycles. The Morgan fingerprint density at radius 2 is 2.44 bits per heavy atom. The molecule has 1 saturated carbocycles. The Morgan fingerprint density at radius 1 is 1.61 bits per heavy atom. The lowest BCUT2D eigenvalue weighted by Crippen LogP contribution is -2.41. The minimum absolute atomic E-state index is 0.0312. The van der Waals surface area contributed by atoms with Crippen LogP contribution in [0.1, 0.15) is 36.7 Å². The minimum atomic E-state index is 0.0312. The molecule has 0 aromatic carbocycles. The summed E-state index contributed by atoms with van der Waals surface area (Å²) in [7, 11) is 1.66. The van der Waals surface area contributed by atoms with Crippen molar-refractivity contribution in [3.8, 4) is 0 Å². The highest BCUT2D eigenvalue weighted by Gasteiger charge is 2.30. The molecule has 0 radical (unpaired) electrons. The number of carbonyl (C=O) groups excluding carboxylic acids is 1. The van der Waals surface area contributed by atoms with Crippen LogP contribution in [-0.2, 0) is 4.74 Å². The normalized spacial score (nSPS) is 23.2. The molecule has 0 bridgehead atoms. The molecule has 18 heavy (non-hydrogen) atoms. The van der Waals surface area contributed by atoms with Crippen molar-refractivity contribution in [3.05, 3.63) is 18.0 Å². The van der Waals surface area contributed by atoms with Crippen molar-refractivity contribution in [3.63, 3.8) is 0 Å². The van der Waals surface area contributed by atoms with Crippen LogP contribution in [0.5, 0.6) is 0 Å². The average molecular weight is 251 g/mol. The van der Waals surface area contributed by atoms with Crippen LogP contribution in [0.3, 0.4) is 0 Å². The summed E-state index contributed by atoms with van der Waals surface area (Å²) in [5.41, 5.74) is 0.561. The van der Waals surface area contributed by atoms with Gasteiger partial charge in [0.25, 0.3) is 5.91 Å². The lowest BCUT2D eigenvalue weighted by Gasteiger charge is -2.28. The third kappa shape index (κ3) is 2.90. The van der Waals surface area contributed by atoms with Crippen molar-refractivity contribution >= 4 is 5.91 Å². The van der Waals surface area contributed by atoms with Gasteiger partial charge < -0.3 is 9.64 Å². The number of carbonyl (C=O) groups is 1. The molecule has 2 atom stereocenters. The molecule has 1 amide bonds. The van der Waals surface area contributed by atoms with E-state index in [4.69, 9.17) is 4.74 Å². The maximum absolute atomic E-state index is 12.4. The number of nitrogens with one attached hydrogen (secondary N) is 1. The number of hydrogen-bond donors (Lipinski definition) is 1. The molecule has 1 aliphatic rings. The fourth-order valence-corrected chi connectivity index (χ4v) is 2.63. The molecule has 1 aromatic heterocycles. The largest absolute Gasteiger partial charge is 0.383 e. The number of rotatable bonds is 5. The number of hydrogen-bond acceptors (Lipinski definition) is 3. The van der Waals surface area contributed by atoms with Gasteiger partial charge in [-0.3, -0.25) is 9.89 Å². The molecule has 0 saturated heterocycles. The highest BCUT2D eigenvalue weighted by atomic mass is 16.5. The van der Waals surface area contributed by atoms with Crippen LogP contribution >= 0.6 is 0 Å². The predicted molar refractivity (Wildman–Crippen MR) is 68.3 cm³/mol. The zero-order chi connectivity index (χ0) is 13.0. The zero-order valence-corrected chi connectivity index (χ0v) is 11.1. The monoisotopic (exact) mass is 251 g/mol. The Hall–Kier alpha value is -1.36. The van der Waals surface area contributed by atoms with Crippen LogP contribution in [0.4, 0.5) is 0 Å². The Balaban J connectivity index is 2.07. The number of aromatic nitrogens is 2. The Labute approximate surface area is 108 Å². The molecule has 5 heteroatoms. The second-order valence-corrected chi connectivity index (χ2v) is 5.03. The first-order valence-corrected chi connectivity index (χ1v) is 6.51. The van der Waals surface area contributed by atoms with Gasteiger partial charge in [0.15, 0.2) is 0 Å². The van der Waals surface area contributed by atoms with Crippen molar-refractivity contribution in [1.29, 1.82) is 0 Å². The lowest BCUT2D eigenvalue weighted by atomic mass is 10.1. The first-order valence-electron chi connectivity index (χ1n) is 6.51. The van der Waals surface area contributed by atoms with Gasteiger partial charge in [-0.05, 0) is 31.2 Å². The lowest BCUT2D eigenvalue weighted by molar-refractivity contribution is 0.0596. The van der Waals surface area contributed by atoms with Gasteiger partial charge in [-0.1, -0.05) is 6.92 Å². The summed E-state index contributed by atoms with van der Waals surface area (Å²) < 4.78 is 5.11. The first kappa shape index (κ1) is 13.1. The van der Waals surface area contributed by atoms with E-state index in [0.717, 1.165) is 12.8 Å². The highest BCUT2D eigenvalue weighted by molar-refractivity contribution is 5.92. The van der Waals surface area contributed by atoms with Gasteiger partial charge in [-0.2, -0.15) is 5.10 Å². The number of H-pyrrole nitrogens is 1. The average Bonchev–Trinajstić information content (AvgIpc) is 3.00. The Bertz CT molecular complexity index is 378. The van der Waals surface area contributed by atoms with E-state index in [-0.39, 0.29) is 5.91 Å². The fourth-order valence-electron chi connectivity index (χ4n) is 2.63. The van der Waals surface area contributed by atoms with E-state index in [0.29, 0.717) is 30.8 Å². The van der Waals surface area contributed by atoms with Gasteiger partial charge in [0.1, 0.15) is 5.69 Å². The number of nitrogens with zero attached hydrogens (tertiary/aromatic N) is 2. The van der Waals surface area contributed by atoms with Crippen molar-refractivity contribution in [1.82, 2.24) is 15.1 Å². The summed E-state index contributed by atoms with van der Waals surface area (Å²) in [6.45, 7) is 3.46. The maximum Gasteiger partial charge on any atom is 0.272 e. The smallest absolute Gasteiger partial charge is 0.272 e. The molecule has 0 spiro atoms. The molecule has 2 rings (SSSR count). The van der Waals surface area contributed by atoms with E-state index in [1.807, 2.05) is 4.90 Å². The quantitative estimate of drug-likeness (QED) is 0.866. The third-order valence-corrected chi connectivity index (χ3v) is 3.64. The minimum Gasteiger partial charge on any atom is -0.383 e. The molecular formula is C13H21N3O2. The van der Waals surface area contributed by atoms with E-state index in [1.165, 1.54) is 6.42 Å². The predicted octanol–water partition coefficient (Wildman–Crippen LogP) is 1.69. The van der Waals surface area contributed by atoms with Crippen LogP contribution in [0, 0.1) is 5.92 Å². The summed E-state index contributed by atoms with van der Waals surface area (Å²) in [6, 6.07) is 2.06. The Kier molecular flexibility index (Phi) is 4.36. The van der Waals surface area contributed by atoms with Gasteiger partial charge in [0.2, 0.25) is 0 Å². The van der Waals surface area contributed by atoms with Gasteiger partial charge >= 0.3 is 0 Å². The van der Waals surface area contributed by atoms with E-state index >= 15 is 0 Å². The second kappa shape index (κ2) is 6.00. The van der Waals surface area contributed by atoms with Gasteiger partial charge in [-0.15, -0.1) is 0 Å². The van der Waals surface area contributed by atoms with Crippen molar-refractivity contribution in [2.45, 2.75) is 32.2 Å². The molecule has 1 N–H and O–H groups in total. The molecule has 0 aliphatic heterocycles. The van der Waals surface area contributed by atoms with E-state index in [9.17, 15) is 4.79 Å². The topological polar surface area (TPSA) is 58.2 Å². The third-order valence-electron chi connectivity index (χ3n) is 3.64. The van der Waals surface area contributed by atoms with Crippen molar-refractivity contribution in [2.24, 2.45) is 5.92 Å². The molecule has 0 unspecified atom stereocenters. The Morgan fingerprint density at radius 3 is 3.00 bits per heavy atom. The zero-order valence-electron chi connectivity index (χ0n) is 11.1. The standard InChI is InChI=1S/C13H21N3O2/c1-10-3-4-11(9-10)16(7-8-18-2)13(17)12-5-6-14-15-12/h5-6,10-11H,3-4,7-9H2,1-2H3,(H,14,15)/t10-,11-/m1/s1. The molecule has 100 valence electrons. The number of methoxy groups -OCH3 is 1. The number of aromatic amines is 1. The second-order valence-electron chi connectivity index (χ2n) is 5.03. The molecule has 1 fully saturated rings. The van der Waals surface area contributed by atoms with E-state index in [1.54, 1.807) is 19.4 Å². The van der Waals surface area contributed by atoms with E-state index < -0.39 is 0 Å². The van der Waals surface area contributed by atoms with Gasteiger partial charge in [0, 0.05) is 25.9 Å². The molecule has 1 aliphatic carbocycles.